The van der Waals surface area contributed by atoms with Crippen molar-refractivity contribution in [1.82, 2.24) is 4.98 Å². The zero-order chi connectivity index (χ0) is 9.10. The first-order valence-electron chi connectivity index (χ1n) is 4.30. The second kappa shape index (κ2) is 3.70. The normalized spacial score (nSPS) is 17.5. The van der Waals surface area contributed by atoms with E-state index in [0.29, 0.717) is 18.9 Å². The molecule has 0 spiro atoms. The third-order valence-electron chi connectivity index (χ3n) is 2.10. The van der Waals surface area contributed by atoms with Crippen LogP contribution >= 0.6 is 0 Å². The molecule has 13 heavy (non-hydrogen) atoms. The first kappa shape index (κ1) is 8.44. The average Bonchev–Trinajstić information content (AvgIpc) is 2.20. The van der Waals surface area contributed by atoms with Crippen LogP contribution in [0.1, 0.15) is 0 Å². The highest BCUT2D eigenvalue weighted by molar-refractivity contribution is 5.45. The van der Waals surface area contributed by atoms with E-state index in [9.17, 15) is 4.39 Å². The molecular formula is C9H11FN2O. The summed E-state index contributed by atoms with van der Waals surface area (Å²) in [5.74, 6) is -0.211. The lowest BCUT2D eigenvalue weighted by molar-refractivity contribution is 0.122. The van der Waals surface area contributed by atoms with Crippen LogP contribution in [-0.4, -0.2) is 31.3 Å². The van der Waals surface area contributed by atoms with E-state index in [1.165, 1.54) is 12.3 Å². The molecule has 2 rings (SSSR count). The Morgan fingerprint density at radius 3 is 2.85 bits per heavy atom. The largest absolute Gasteiger partial charge is 0.378 e. The number of aromatic nitrogens is 1. The molecule has 1 aromatic rings. The maximum Gasteiger partial charge on any atom is 0.149 e. The zero-order valence-corrected chi connectivity index (χ0v) is 7.24. The predicted molar refractivity (Wildman–Crippen MR) is 47.2 cm³/mol. The number of hydrogen-bond acceptors (Lipinski definition) is 3. The molecule has 0 aliphatic carbocycles. The van der Waals surface area contributed by atoms with Crippen LogP contribution in [0, 0.1) is 5.82 Å². The summed E-state index contributed by atoms with van der Waals surface area (Å²) in [7, 11) is 0. The molecular weight excluding hydrogens is 171 g/mol. The summed E-state index contributed by atoms with van der Waals surface area (Å²) in [4.78, 5) is 5.85. The smallest absolute Gasteiger partial charge is 0.149 e. The van der Waals surface area contributed by atoms with Crippen molar-refractivity contribution in [2.24, 2.45) is 0 Å². The molecule has 2 heterocycles. The van der Waals surface area contributed by atoms with Crippen LogP contribution < -0.4 is 4.90 Å². The van der Waals surface area contributed by atoms with Gasteiger partial charge in [0.1, 0.15) is 5.82 Å². The summed E-state index contributed by atoms with van der Waals surface area (Å²) < 4.78 is 18.4. The van der Waals surface area contributed by atoms with Crippen LogP contribution in [0.5, 0.6) is 0 Å². The molecule has 0 radical (unpaired) electrons. The molecule has 0 saturated carbocycles. The summed E-state index contributed by atoms with van der Waals surface area (Å²) in [6.45, 7) is 2.80. The highest BCUT2D eigenvalue weighted by Crippen LogP contribution is 2.17. The van der Waals surface area contributed by atoms with Gasteiger partial charge in [0.05, 0.1) is 25.1 Å². The van der Waals surface area contributed by atoms with E-state index >= 15 is 0 Å². The van der Waals surface area contributed by atoms with Gasteiger partial charge in [-0.05, 0) is 6.07 Å². The molecule has 3 nitrogen and oxygen atoms in total. The second-order valence-corrected chi connectivity index (χ2v) is 2.93. The Kier molecular flexibility index (Phi) is 2.40. The maximum absolute atomic E-state index is 13.3. The lowest BCUT2D eigenvalue weighted by Crippen LogP contribution is -2.36. The molecule has 0 bridgehead atoms. The van der Waals surface area contributed by atoms with E-state index in [1.807, 2.05) is 4.90 Å². The fraction of sp³-hybridized carbons (Fsp3) is 0.444. The number of rotatable bonds is 1. The SMILES string of the molecule is Fc1ccncc1N1CCOCC1. The van der Waals surface area contributed by atoms with Gasteiger partial charge in [0, 0.05) is 19.3 Å². The molecule has 0 amide bonds. The molecule has 1 saturated heterocycles. The molecule has 0 unspecified atom stereocenters. The highest BCUT2D eigenvalue weighted by atomic mass is 19.1. The third-order valence-corrected chi connectivity index (χ3v) is 2.10. The van der Waals surface area contributed by atoms with E-state index in [-0.39, 0.29) is 5.82 Å². The summed E-state index contributed by atoms with van der Waals surface area (Å²) in [6.07, 6.45) is 3.01. The molecule has 1 aliphatic rings. The van der Waals surface area contributed by atoms with Crippen LogP contribution in [0.4, 0.5) is 10.1 Å². The van der Waals surface area contributed by atoms with E-state index in [2.05, 4.69) is 4.98 Å². The minimum atomic E-state index is -0.211. The van der Waals surface area contributed by atoms with Gasteiger partial charge in [-0.2, -0.15) is 0 Å². The number of pyridine rings is 1. The van der Waals surface area contributed by atoms with Gasteiger partial charge in [0.15, 0.2) is 0 Å². The van der Waals surface area contributed by atoms with Gasteiger partial charge in [-0.3, -0.25) is 4.98 Å². The summed E-state index contributed by atoms with van der Waals surface area (Å²) in [5.41, 5.74) is 0.575. The number of hydrogen-bond donors (Lipinski definition) is 0. The summed E-state index contributed by atoms with van der Waals surface area (Å²) in [6, 6.07) is 1.38. The van der Waals surface area contributed by atoms with Gasteiger partial charge in [-0.15, -0.1) is 0 Å². The summed E-state index contributed by atoms with van der Waals surface area (Å²) >= 11 is 0. The van der Waals surface area contributed by atoms with Gasteiger partial charge >= 0.3 is 0 Å². The van der Waals surface area contributed by atoms with Gasteiger partial charge in [0.2, 0.25) is 0 Å². The van der Waals surface area contributed by atoms with Gasteiger partial charge in [0.25, 0.3) is 0 Å². The summed E-state index contributed by atoms with van der Waals surface area (Å²) in [5, 5.41) is 0. The van der Waals surface area contributed by atoms with Crippen molar-refractivity contribution in [2.45, 2.75) is 0 Å². The Hall–Kier alpha value is -1.16. The number of ether oxygens (including phenoxy) is 1. The minimum absolute atomic E-state index is 0.211. The fourth-order valence-corrected chi connectivity index (χ4v) is 1.41. The van der Waals surface area contributed by atoms with Gasteiger partial charge in [-0.25, -0.2) is 4.39 Å². The first-order valence-corrected chi connectivity index (χ1v) is 4.30. The Balaban J connectivity index is 2.18. The minimum Gasteiger partial charge on any atom is -0.378 e. The van der Waals surface area contributed by atoms with Crippen molar-refractivity contribution in [1.29, 1.82) is 0 Å². The van der Waals surface area contributed by atoms with Crippen LogP contribution in [0.15, 0.2) is 18.5 Å². The van der Waals surface area contributed by atoms with Crippen molar-refractivity contribution in [3.8, 4) is 0 Å². The topological polar surface area (TPSA) is 25.4 Å². The molecule has 1 aliphatic heterocycles. The molecule has 0 atom stereocenters. The van der Waals surface area contributed by atoms with Crippen molar-refractivity contribution in [3.05, 3.63) is 24.3 Å². The molecule has 4 heteroatoms. The Morgan fingerprint density at radius 2 is 2.15 bits per heavy atom. The van der Waals surface area contributed by atoms with E-state index < -0.39 is 0 Å². The van der Waals surface area contributed by atoms with Crippen molar-refractivity contribution in [3.63, 3.8) is 0 Å². The standard InChI is InChI=1S/C9H11FN2O/c10-8-1-2-11-7-9(8)12-3-5-13-6-4-12/h1-2,7H,3-6H2. The second-order valence-electron chi connectivity index (χ2n) is 2.93. The lowest BCUT2D eigenvalue weighted by atomic mass is 10.3. The maximum atomic E-state index is 13.3. The highest BCUT2D eigenvalue weighted by Gasteiger charge is 2.14. The number of nitrogens with zero attached hydrogens (tertiary/aromatic N) is 2. The van der Waals surface area contributed by atoms with E-state index in [1.54, 1.807) is 6.20 Å². The van der Waals surface area contributed by atoms with E-state index in [4.69, 9.17) is 4.74 Å². The van der Waals surface area contributed by atoms with Crippen LogP contribution in [0.25, 0.3) is 0 Å². The average molecular weight is 182 g/mol. The zero-order valence-electron chi connectivity index (χ0n) is 7.24. The molecule has 0 aromatic carbocycles. The van der Waals surface area contributed by atoms with Crippen LogP contribution in [0.2, 0.25) is 0 Å². The Morgan fingerprint density at radius 1 is 1.38 bits per heavy atom. The molecule has 70 valence electrons. The number of anilines is 1. The Bertz CT molecular complexity index is 287. The molecule has 1 aromatic heterocycles. The number of halogens is 1. The van der Waals surface area contributed by atoms with Gasteiger partial charge in [-0.1, -0.05) is 0 Å². The lowest BCUT2D eigenvalue weighted by Gasteiger charge is -2.28. The van der Waals surface area contributed by atoms with E-state index in [0.717, 1.165) is 13.1 Å². The predicted octanol–water partition coefficient (Wildman–Crippen LogP) is 1.06. The van der Waals surface area contributed by atoms with Crippen molar-refractivity contribution in [2.75, 3.05) is 31.2 Å². The third kappa shape index (κ3) is 1.78. The monoisotopic (exact) mass is 182 g/mol. The van der Waals surface area contributed by atoms with Crippen molar-refractivity contribution < 1.29 is 9.13 Å². The quantitative estimate of drug-likeness (QED) is 0.649. The van der Waals surface area contributed by atoms with Crippen molar-refractivity contribution >= 4 is 5.69 Å². The fourth-order valence-electron chi connectivity index (χ4n) is 1.41. The molecule has 1 fully saturated rings. The first-order chi connectivity index (χ1) is 6.38. The van der Waals surface area contributed by atoms with Crippen LogP contribution in [0.3, 0.4) is 0 Å². The molecule has 0 N–H and O–H groups in total. The number of morpholine rings is 1. The Labute approximate surface area is 76.1 Å². The van der Waals surface area contributed by atoms with Gasteiger partial charge < -0.3 is 9.64 Å². The van der Waals surface area contributed by atoms with Crippen LogP contribution in [-0.2, 0) is 4.74 Å².